The van der Waals surface area contributed by atoms with Gasteiger partial charge in [-0.1, -0.05) is 36.4 Å². The minimum atomic E-state index is -4.37. The highest BCUT2D eigenvalue weighted by molar-refractivity contribution is 14.1. The molecule has 5 aromatic rings. The molecule has 0 saturated heterocycles. The van der Waals surface area contributed by atoms with Crippen LogP contribution in [-0.2, 0) is 34.4 Å². The number of alkyl carbamates (subject to hydrolysis) is 1. The van der Waals surface area contributed by atoms with E-state index in [0.29, 0.717) is 25.7 Å². The number of amides is 1. The van der Waals surface area contributed by atoms with Crippen molar-refractivity contribution in [2.75, 3.05) is 33.6 Å². The highest BCUT2D eigenvalue weighted by Crippen LogP contribution is 2.40. The third kappa shape index (κ3) is 11.6. The number of aromatic nitrogens is 4. The van der Waals surface area contributed by atoms with Crippen molar-refractivity contribution in [1.29, 1.82) is 0 Å². The number of thioether (sulfide) groups is 1. The Bertz CT molecular complexity index is 2130. The van der Waals surface area contributed by atoms with Crippen molar-refractivity contribution in [2.45, 2.75) is 61.9 Å². The molecule has 17 heteroatoms. The van der Waals surface area contributed by atoms with E-state index in [0.717, 1.165) is 28.5 Å². The predicted octanol–water partition coefficient (Wildman–Crippen LogP) is 6.39. The highest BCUT2D eigenvalue weighted by atomic mass is 127. The van der Waals surface area contributed by atoms with E-state index in [1.54, 1.807) is 78.5 Å². The zero-order chi connectivity index (χ0) is 40.5. The summed E-state index contributed by atoms with van der Waals surface area (Å²) in [6.07, 6.45) is -1.71. The molecule has 0 aliphatic carbocycles. The van der Waals surface area contributed by atoms with Crippen LogP contribution in [0.3, 0.4) is 0 Å². The fourth-order valence-electron chi connectivity index (χ4n) is 5.41. The number of nitrogens with one attached hydrogen (secondary N) is 1. The van der Waals surface area contributed by atoms with Gasteiger partial charge in [-0.05, 0) is 114 Å². The summed E-state index contributed by atoms with van der Waals surface area (Å²) in [4.78, 5) is 14.0. The Labute approximate surface area is 345 Å². The van der Waals surface area contributed by atoms with E-state index in [-0.39, 0.29) is 48.2 Å². The molecule has 0 saturated carbocycles. The number of aliphatic hydroxyl groups excluding tert-OH is 1. The standard InChI is InChI=1S/C39H45IN6O8S2/c1-39(2,3)54-38(48)41-21-29(47)25-55-34-20-19-33(40)35(37-42-44-46(43-37)24-28-11-17-32(53-6)18-12-28)36(34)56(49,50)45(22-26-7-13-30(51-4)14-8-26)23-27-9-15-31(52-5)16-10-27/h7-20,29,47H,21-25H2,1-6H3,(H,41,48)/t29-/m0/s1. The number of carbonyl (C=O) groups is 1. The number of aliphatic hydroxyl groups is 1. The molecule has 1 aromatic heterocycles. The summed E-state index contributed by atoms with van der Waals surface area (Å²) in [5.41, 5.74) is 1.92. The Hall–Kier alpha value is -4.43. The molecular weight excluding hydrogens is 872 g/mol. The monoisotopic (exact) mass is 916 g/mol. The van der Waals surface area contributed by atoms with Gasteiger partial charge in [0.15, 0.2) is 0 Å². The minimum absolute atomic E-state index is 0.0212. The highest BCUT2D eigenvalue weighted by Gasteiger charge is 2.34. The number of tetrazole rings is 1. The van der Waals surface area contributed by atoms with Crippen LogP contribution in [-0.4, -0.2) is 89.5 Å². The van der Waals surface area contributed by atoms with E-state index in [1.165, 1.54) is 9.10 Å². The normalized spacial score (nSPS) is 12.3. The Kier molecular flexibility index (Phi) is 14.6. The minimum Gasteiger partial charge on any atom is -0.497 e. The van der Waals surface area contributed by atoms with Crippen LogP contribution in [0.15, 0.2) is 94.7 Å². The van der Waals surface area contributed by atoms with Crippen LogP contribution < -0.4 is 19.5 Å². The first-order chi connectivity index (χ1) is 26.7. The third-order valence-electron chi connectivity index (χ3n) is 8.18. The second kappa shape index (κ2) is 19.1. The number of nitrogens with zero attached hydrogens (tertiary/aromatic N) is 5. The molecule has 1 amide bonds. The van der Waals surface area contributed by atoms with Crippen LogP contribution in [0.4, 0.5) is 4.79 Å². The number of hydrogen-bond acceptors (Lipinski definition) is 12. The lowest BCUT2D eigenvalue weighted by molar-refractivity contribution is 0.0499. The van der Waals surface area contributed by atoms with Gasteiger partial charge in [-0.2, -0.15) is 9.10 Å². The van der Waals surface area contributed by atoms with Gasteiger partial charge >= 0.3 is 6.09 Å². The molecule has 0 radical (unpaired) electrons. The largest absolute Gasteiger partial charge is 0.497 e. The van der Waals surface area contributed by atoms with Gasteiger partial charge in [0.1, 0.15) is 27.7 Å². The van der Waals surface area contributed by atoms with Crippen molar-refractivity contribution >= 4 is 50.5 Å². The molecule has 0 unspecified atom stereocenters. The molecule has 0 aliphatic heterocycles. The lowest BCUT2D eigenvalue weighted by atomic mass is 10.2. The third-order valence-corrected chi connectivity index (χ3v) is 12.3. The molecule has 0 bridgehead atoms. The molecule has 5 rings (SSSR count). The maximum absolute atomic E-state index is 15.3. The molecule has 56 heavy (non-hydrogen) atoms. The number of benzene rings is 4. The van der Waals surface area contributed by atoms with Crippen molar-refractivity contribution in [3.05, 3.63) is 105 Å². The Morgan fingerprint density at radius 2 is 1.38 bits per heavy atom. The fraction of sp³-hybridized carbons (Fsp3) is 0.333. The summed E-state index contributed by atoms with van der Waals surface area (Å²) in [7, 11) is 0.362. The number of methoxy groups -OCH3 is 3. The lowest BCUT2D eigenvalue weighted by Crippen LogP contribution is -2.37. The zero-order valence-electron chi connectivity index (χ0n) is 31.9. The van der Waals surface area contributed by atoms with E-state index >= 15 is 8.42 Å². The molecule has 298 valence electrons. The first kappa shape index (κ1) is 42.7. The van der Waals surface area contributed by atoms with Crippen LogP contribution >= 0.6 is 34.4 Å². The smallest absolute Gasteiger partial charge is 0.407 e. The van der Waals surface area contributed by atoms with E-state index in [2.05, 4.69) is 43.3 Å². The second-order valence-electron chi connectivity index (χ2n) is 13.6. The van der Waals surface area contributed by atoms with Gasteiger partial charge < -0.3 is 29.4 Å². The van der Waals surface area contributed by atoms with E-state index in [9.17, 15) is 9.90 Å². The van der Waals surface area contributed by atoms with Gasteiger partial charge in [0.05, 0.1) is 39.5 Å². The Balaban J connectivity index is 1.56. The maximum Gasteiger partial charge on any atom is 0.407 e. The molecule has 4 aromatic carbocycles. The summed E-state index contributed by atoms with van der Waals surface area (Å²) in [6, 6.07) is 25.3. The number of ether oxygens (including phenoxy) is 4. The van der Waals surface area contributed by atoms with Crippen molar-refractivity contribution in [1.82, 2.24) is 29.8 Å². The predicted molar refractivity (Wildman–Crippen MR) is 221 cm³/mol. The quantitative estimate of drug-likeness (QED) is 0.0781. The van der Waals surface area contributed by atoms with Gasteiger partial charge in [-0.25, -0.2) is 13.2 Å². The molecule has 1 atom stereocenters. The summed E-state index contributed by atoms with van der Waals surface area (Å²) in [5.74, 6) is 2.15. The lowest BCUT2D eigenvalue weighted by Gasteiger charge is -2.26. The molecule has 0 spiro atoms. The summed E-state index contributed by atoms with van der Waals surface area (Å²) in [5, 5.41) is 26.8. The van der Waals surface area contributed by atoms with Crippen LogP contribution in [0.2, 0.25) is 0 Å². The summed E-state index contributed by atoms with van der Waals surface area (Å²) < 4.78 is 53.9. The Morgan fingerprint density at radius 3 is 1.88 bits per heavy atom. The van der Waals surface area contributed by atoms with Crippen molar-refractivity contribution < 1.29 is 37.3 Å². The molecule has 1 heterocycles. The average Bonchev–Trinajstić information content (AvgIpc) is 3.64. The summed E-state index contributed by atoms with van der Waals surface area (Å²) >= 11 is 3.22. The zero-order valence-corrected chi connectivity index (χ0v) is 35.7. The van der Waals surface area contributed by atoms with Gasteiger partial charge in [-0.15, -0.1) is 22.0 Å². The number of halogens is 1. The number of rotatable bonds is 17. The second-order valence-corrected chi connectivity index (χ2v) is 17.7. The van der Waals surface area contributed by atoms with Crippen molar-refractivity contribution in [3.63, 3.8) is 0 Å². The molecule has 0 aliphatic rings. The van der Waals surface area contributed by atoms with Gasteiger partial charge in [0.25, 0.3) is 0 Å². The first-order valence-electron chi connectivity index (χ1n) is 17.5. The fourth-order valence-corrected chi connectivity index (χ4v) is 9.34. The number of carbonyl (C=O) groups excluding carboxylic acids is 1. The van der Waals surface area contributed by atoms with Crippen LogP contribution in [0.25, 0.3) is 11.4 Å². The average molecular weight is 917 g/mol. The van der Waals surface area contributed by atoms with E-state index in [4.69, 9.17) is 18.9 Å². The molecule has 2 N–H and O–H groups in total. The number of sulfonamides is 1. The SMILES string of the molecule is COc1ccc(CN(Cc2ccc(OC)cc2)S(=O)(=O)c2c(SC[C@@H](O)CNC(=O)OC(C)(C)C)ccc(I)c2-c2nnn(Cc3ccc(OC)cc3)n2)cc1. The topological polar surface area (TPSA) is 167 Å². The molecule has 14 nitrogen and oxygen atoms in total. The van der Waals surface area contributed by atoms with Gasteiger partial charge in [0, 0.05) is 33.9 Å². The maximum atomic E-state index is 15.3. The van der Waals surface area contributed by atoms with E-state index in [1.807, 2.05) is 48.5 Å². The Morgan fingerprint density at radius 1 is 0.857 bits per heavy atom. The van der Waals surface area contributed by atoms with Gasteiger partial charge in [0.2, 0.25) is 15.8 Å². The number of hydrogen-bond donors (Lipinski definition) is 2. The van der Waals surface area contributed by atoms with Crippen molar-refractivity contribution in [2.24, 2.45) is 0 Å². The van der Waals surface area contributed by atoms with Crippen LogP contribution in [0.1, 0.15) is 37.5 Å². The molecule has 0 fully saturated rings. The van der Waals surface area contributed by atoms with Crippen LogP contribution in [0, 0.1) is 3.57 Å². The van der Waals surface area contributed by atoms with Gasteiger partial charge in [-0.3, -0.25) is 0 Å². The summed E-state index contributed by atoms with van der Waals surface area (Å²) in [6.45, 7) is 5.45. The van der Waals surface area contributed by atoms with Crippen molar-refractivity contribution in [3.8, 4) is 28.6 Å². The molecular formula is C39H45IN6O8S2. The first-order valence-corrected chi connectivity index (χ1v) is 21.0. The van der Waals surface area contributed by atoms with Crippen LogP contribution in [0.5, 0.6) is 17.2 Å². The van der Waals surface area contributed by atoms with E-state index < -0.39 is 27.8 Å².